The van der Waals surface area contributed by atoms with Crippen LogP contribution in [-0.4, -0.2) is 48.1 Å². The van der Waals surface area contributed by atoms with Crippen molar-refractivity contribution in [2.45, 2.75) is 69.5 Å². The Hall–Kier alpha value is -0.206. The summed E-state index contributed by atoms with van der Waals surface area (Å²) in [4.78, 5) is 26.5. The van der Waals surface area contributed by atoms with Gasteiger partial charge in [-0.15, -0.1) is 0 Å². The second-order valence-electron chi connectivity index (χ2n) is 9.36. The van der Waals surface area contributed by atoms with E-state index in [0.29, 0.717) is 0 Å². The van der Waals surface area contributed by atoms with E-state index < -0.39 is 17.6 Å². The Morgan fingerprint density at radius 3 is 2.20 bits per heavy atom. The molecule has 3 saturated carbocycles. The predicted molar refractivity (Wildman–Crippen MR) is 101 cm³/mol. The van der Waals surface area contributed by atoms with Crippen molar-refractivity contribution in [1.29, 1.82) is 0 Å². The van der Waals surface area contributed by atoms with Gasteiger partial charge in [-0.1, -0.05) is 0 Å². The van der Waals surface area contributed by atoms with E-state index in [1.807, 2.05) is 4.90 Å². The van der Waals surface area contributed by atoms with Gasteiger partial charge in [0.2, 0.25) is 5.91 Å². The maximum absolute atomic E-state index is 13.0. The Kier molecular flexibility index (Phi) is 7.61. The van der Waals surface area contributed by atoms with Crippen molar-refractivity contribution in [2.24, 2.45) is 11.3 Å². The summed E-state index contributed by atoms with van der Waals surface area (Å²) < 4.78 is 38.9. The molecule has 0 atom stereocenters. The van der Waals surface area contributed by atoms with Crippen LogP contribution in [0, 0.1) is 30.2 Å². The zero-order chi connectivity index (χ0) is 20.7. The van der Waals surface area contributed by atoms with Crippen LogP contribution in [0.1, 0.15) is 57.8 Å². The van der Waals surface area contributed by atoms with Gasteiger partial charge >= 0.3 is 38.9 Å². The first-order valence-corrected chi connectivity index (χ1v) is 10.6. The van der Waals surface area contributed by atoms with E-state index in [2.05, 4.69) is 23.5 Å². The maximum atomic E-state index is 13.0. The van der Waals surface area contributed by atoms with Crippen molar-refractivity contribution >= 4 is 11.8 Å². The Balaban J connectivity index is 0.00000256. The van der Waals surface area contributed by atoms with Gasteiger partial charge < -0.3 is 29.9 Å². The first-order chi connectivity index (χ1) is 13.7. The number of hydrogen-bond donors (Lipinski definition) is 2. The van der Waals surface area contributed by atoms with Crippen LogP contribution in [0.15, 0.2) is 0 Å². The molecule has 0 radical (unpaired) electrons. The minimum atomic E-state index is -4.37. The van der Waals surface area contributed by atoms with Gasteiger partial charge in [0.05, 0.1) is 6.54 Å². The van der Waals surface area contributed by atoms with Crippen LogP contribution in [0.2, 0.25) is 0 Å². The molecule has 9 heteroatoms. The molecule has 1 aliphatic heterocycles. The second kappa shape index (κ2) is 9.34. The first-order valence-electron chi connectivity index (χ1n) is 10.6. The van der Waals surface area contributed by atoms with Gasteiger partial charge in [0.1, 0.15) is 5.54 Å². The SMILES string of the molecule is O=C(CN1CC2(CCC(C(=O)N[C-]3C[CH-]C[CH-]C3)CC2)C1)NC1(C(F)(F)F)CC1.[Y+3]. The summed E-state index contributed by atoms with van der Waals surface area (Å²) in [6, 6.07) is 1.08. The molecule has 4 fully saturated rings. The molecule has 3 aliphatic carbocycles. The van der Waals surface area contributed by atoms with Crippen molar-refractivity contribution in [2.75, 3.05) is 19.6 Å². The summed E-state index contributed by atoms with van der Waals surface area (Å²) in [5.41, 5.74) is -1.86. The molecular weight excluding hydrogens is 472 g/mol. The number of likely N-dealkylation sites (tertiary alicyclic amines) is 1. The largest absolute Gasteiger partial charge is 3.00 e. The van der Waals surface area contributed by atoms with E-state index >= 15 is 0 Å². The number of rotatable bonds is 5. The summed E-state index contributed by atoms with van der Waals surface area (Å²) in [5.74, 6) is -0.384. The van der Waals surface area contributed by atoms with Gasteiger partial charge in [-0.2, -0.15) is 13.2 Å². The third-order valence-electron chi connectivity index (χ3n) is 6.99. The fraction of sp³-hybridized carbons (Fsp3) is 0.762. The third-order valence-corrected chi connectivity index (χ3v) is 6.99. The number of alkyl halides is 3. The monoisotopic (exact) mass is 501 g/mol. The average Bonchev–Trinajstić information content (AvgIpc) is 3.42. The molecule has 164 valence electrons. The van der Waals surface area contributed by atoms with Gasteiger partial charge in [0.15, 0.2) is 5.91 Å². The van der Waals surface area contributed by atoms with E-state index in [1.165, 1.54) is 0 Å². The molecule has 5 nitrogen and oxygen atoms in total. The molecule has 30 heavy (non-hydrogen) atoms. The van der Waals surface area contributed by atoms with E-state index in [4.69, 9.17) is 0 Å². The molecule has 4 aliphatic rings. The van der Waals surface area contributed by atoms with Crippen LogP contribution in [0.25, 0.3) is 0 Å². The second-order valence-corrected chi connectivity index (χ2v) is 9.36. The minimum absolute atomic E-state index is 0. The first kappa shape index (κ1) is 24.4. The molecule has 2 N–H and O–H groups in total. The van der Waals surface area contributed by atoms with Gasteiger partial charge in [0, 0.05) is 19.0 Å². The maximum Gasteiger partial charge on any atom is 3.00 e. The molecular formula is C21H29F3N3O2Y. The Morgan fingerprint density at radius 1 is 1.07 bits per heavy atom. The molecule has 0 aromatic heterocycles. The average molecular weight is 501 g/mol. The Bertz CT molecular complexity index is 632. The molecule has 0 bridgehead atoms. The van der Waals surface area contributed by atoms with E-state index in [0.717, 1.165) is 64.1 Å². The molecule has 0 aromatic carbocycles. The topological polar surface area (TPSA) is 61.4 Å². The van der Waals surface area contributed by atoms with Crippen LogP contribution < -0.4 is 10.6 Å². The van der Waals surface area contributed by atoms with Gasteiger partial charge in [-0.25, -0.2) is 0 Å². The van der Waals surface area contributed by atoms with Crippen LogP contribution in [0.5, 0.6) is 0 Å². The normalized spacial score (nSPS) is 26.4. The number of amides is 2. The van der Waals surface area contributed by atoms with Crippen molar-refractivity contribution < 1.29 is 55.5 Å². The Labute approximate surface area is 201 Å². The molecule has 1 saturated heterocycles. The molecule has 0 unspecified atom stereocenters. The van der Waals surface area contributed by atoms with Crippen LogP contribution in [0.4, 0.5) is 13.2 Å². The number of halogens is 3. The molecule has 1 heterocycles. The van der Waals surface area contributed by atoms with E-state index in [-0.39, 0.29) is 69.3 Å². The molecule has 2 amide bonds. The number of hydrogen-bond acceptors (Lipinski definition) is 3. The number of nitrogens with one attached hydrogen (secondary N) is 2. The summed E-state index contributed by atoms with van der Waals surface area (Å²) in [6.07, 6.45) is 6.15. The number of carbonyl (C=O) groups excluding carboxylic acids is 2. The zero-order valence-corrected chi connectivity index (χ0v) is 20.0. The van der Waals surface area contributed by atoms with E-state index in [1.54, 1.807) is 0 Å². The van der Waals surface area contributed by atoms with Crippen molar-refractivity contribution in [3.63, 3.8) is 0 Å². The zero-order valence-electron chi connectivity index (χ0n) is 17.2. The van der Waals surface area contributed by atoms with Gasteiger partial charge in [0.25, 0.3) is 0 Å². The smallest absolute Gasteiger partial charge is 0.507 e. The van der Waals surface area contributed by atoms with E-state index in [9.17, 15) is 22.8 Å². The summed E-state index contributed by atoms with van der Waals surface area (Å²) >= 11 is 0. The van der Waals surface area contributed by atoms with Crippen molar-refractivity contribution in [1.82, 2.24) is 15.5 Å². The van der Waals surface area contributed by atoms with Crippen LogP contribution in [0.3, 0.4) is 0 Å². The summed E-state index contributed by atoms with van der Waals surface area (Å²) in [6.45, 7) is 1.49. The van der Waals surface area contributed by atoms with Crippen molar-refractivity contribution in [3.05, 3.63) is 18.9 Å². The molecule has 4 rings (SSSR count). The fourth-order valence-corrected chi connectivity index (χ4v) is 5.03. The number of nitrogens with zero attached hydrogens (tertiary/aromatic N) is 1. The number of carbonyl (C=O) groups is 2. The predicted octanol–water partition coefficient (Wildman–Crippen LogP) is 2.93. The van der Waals surface area contributed by atoms with Crippen LogP contribution >= 0.6 is 0 Å². The molecule has 1 spiro atoms. The fourth-order valence-electron chi connectivity index (χ4n) is 5.03. The summed E-state index contributed by atoms with van der Waals surface area (Å²) in [5, 5.41) is 5.28. The minimum Gasteiger partial charge on any atom is -0.507 e. The summed E-state index contributed by atoms with van der Waals surface area (Å²) in [7, 11) is 0. The third kappa shape index (κ3) is 5.40. The Morgan fingerprint density at radius 2 is 1.67 bits per heavy atom. The quantitative estimate of drug-likeness (QED) is 0.570. The molecule has 0 aromatic rings. The van der Waals surface area contributed by atoms with Gasteiger partial charge in [-0.3, -0.25) is 33.4 Å². The standard InChI is InChI=1S/C21H29F3N3O2.Y/c22-21(23,24)20(10-11-20)26-17(28)12-27-13-19(14-27)8-6-15(7-9-19)18(29)25-16-4-2-1-3-5-16;/h2-3,15H,1,4-14H2,(H,25,29)(H,26,28);/q-3;+3. The van der Waals surface area contributed by atoms with Crippen LogP contribution in [-0.2, 0) is 42.3 Å². The van der Waals surface area contributed by atoms with Crippen molar-refractivity contribution in [3.8, 4) is 0 Å². The van der Waals surface area contributed by atoms with Gasteiger partial charge in [-0.05, 0) is 43.9 Å².